The predicted octanol–water partition coefficient (Wildman–Crippen LogP) is 3.37. The largest absolute Gasteiger partial charge is 0.279 e. The number of hydrogen-bond donors (Lipinski definition) is 0. The maximum atomic E-state index is 12.2. The van der Waals surface area contributed by atoms with Crippen LogP contribution in [-0.4, -0.2) is 34.9 Å². The average molecular weight is 333 g/mol. The van der Waals surface area contributed by atoms with Gasteiger partial charge < -0.3 is 0 Å². The number of hydrogen-bond acceptors (Lipinski definition) is 4. The lowest BCUT2D eigenvalue weighted by molar-refractivity contribution is -0.0759. The van der Waals surface area contributed by atoms with E-state index in [9.17, 15) is 4.79 Å². The van der Waals surface area contributed by atoms with E-state index >= 15 is 0 Å². The van der Waals surface area contributed by atoms with Gasteiger partial charge in [0.1, 0.15) is 0 Å². The van der Waals surface area contributed by atoms with E-state index in [4.69, 9.17) is 4.84 Å². The van der Waals surface area contributed by atoms with Crippen molar-refractivity contribution in [1.29, 1.82) is 0 Å². The third kappa shape index (κ3) is 3.96. The molecule has 0 saturated heterocycles. The third-order valence-electron chi connectivity index (χ3n) is 2.05. The molecule has 0 aliphatic carbocycles. The Bertz CT molecular complexity index is 446. The van der Waals surface area contributed by atoms with Gasteiger partial charge in [-0.15, -0.1) is 11.8 Å². The van der Waals surface area contributed by atoms with Crippen LogP contribution in [0, 0.1) is 0 Å². The molecule has 0 fully saturated rings. The van der Waals surface area contributed by atoms with Crippen molar-refractivity contribution >= 4 is 33.6 Å². The Hall–Kier alpha value is -0.590. The molecule has 0 aliphatic rings. The number of carbonyl (C=O) groups is 1. The third-order valence-corrected chi connectivity index (χ3v) is 4.17. The van der Waals surface area contributed by atoms with Crippen LogP contribution in [0.25, 0.3) is 0 Å². The maximum Gasteiger partial charge on any atom is 0.279 e. The summed E-state index contributed by atoms with van der Waals surface area (Å²) in [7, 11) is 3.04. The predicted molar refractivity (Wildman–Crippen MR) is 76.6 cm³/mol. The number of carbonyl (C=O) groups excluding carboxylic acids is 1. The summed E-state index contributed by atoms with van der Waals surface area (Å²) in [5.41, 5.74) is 0.536. The maximum absolute atomic E-state index is 12.2. The van der Waals surface area contributed by atoms with E-state index in [1.54, 1.807) is 31.2 Å². The van der Waals surface area contributed by atoms with Gasteiger partial charge in [0.15, 0.2) is 0 Å². The van der Waals surface area contributed by atoms with Gasteiger partial charge in [-0.3, -0.25) is 14.6 Å². The Morgan fingerprint density at radius 1 is 1.44 bits per heavy atom. The second kappa shape index (κ2) is 6.04. The molecule has 0 N–H and O–H groups in total. The lowest BCUT2D eigenvalue weighted by Gasteiger charge is -2.22. The SMILES string of the molecule is CON(C)C(=O)c1cncc(Br)c1SC(C)(C)C. The first-order valence-electron chi connectivity index (χ1n) is 5.41. The molecule has 0 atom stereocenters. The molecule has 1 amide bonds. The first-order chi connectivity index (χ1) is 8.26. The number of halogens is 1. The Morgan fingerprint density at radius 3 is 2.56 bits per heavy atom. The topological polar surface area (TPSA) is 42.4 Å². The fraction of sp³-hybridized carbons (Fsp3) is 0.500. The fourth-order valence-corrected chi connectivity index (χ4v) is 2.83. The Balaban J connectivity index is 3.20. The summed E-state index contributed by atoms with van der Waals surface area (Å²) in [6, 6.07) is 0. The highest BCUT2D eigenvalue weighted by Gasteiger charge is 2.23. The summed E-state index contributed by atoms with van der Waals surface area (Å²) >= 11 is 5.06. The number of rotatable bonds is 3. The summed E-state index contributed by atoms with van der Waals surface area (Å²) < 4.78 is 0.822. The standard InChI is InChI=1S/C12H17BrN2O2S/c1-12(2,3)18-10-8(6-14-7-9(10)13)11(16)15(4)17-5/h6-7H,1-5H3. The van der Waals surface area contributed by atoms with Gasteiger partial charge in [0.25, 0.3) is 5.91 Å². The summed E-state index contributed by atoms with van der Waals surface area (Å²) in [5, 5.41) is 1.19. The quantitative estimate of drug-likeness (QED) is 0.628. The summed E-state index contributed by atoms with van der Waals surface area (Å²) in [4.78, 5) is 22.0. The molecule has 1 aromatic rings. The molecule has 0 bridgehead atoms. The summed E-state index contributed by atoms with van der Waals surface area (Å²) in [5.74, 6) is -0.210. The van der Waals surface area contributed by atoms with Crippen LogP contribution < -0.4 is 0 Å². The molecule has 0 radical (unpaired) electrons. The number of aromatic nitrogens is 1. The van der Waals surface area contributed by atoms with Gasteiger partial charge in [-0.25, -0.2) is 5.06 Å². The Kier molecular flexibility index (Phi) is 5.19. The van der Waals surface area contributed by atoms with Crippen LogP contribution >= 0.6 is 27.7 Å². The van der Waals surface area contributed by atoms with Gasteiger partial charge in [-0.2, -0.15) is 0 Å². The second-order valence-corrected chi connectivity index (χ2v) is 7.39. The van der Waals surface area contributed by atoms with Gasteiger partial charge in [0, 0.05) is 29.1 Å². The summed E-state index contributed by atoms with van der Waals surface area (Å²) in [6.07, 6.45) is 3.26. The number of pyridine rings is 1. The number of nitrogens with zero attached hydrogens (tertiary/aromatic N) is 2. The van der Waals surface area contributed by atoms with Crippen LogP contribution in [0.4, 0.5) is 0 Å². The van der Waals surface area contributed by atoms with Crippen molar-refractivity contribution in [2.24, 2.45) is 0 Å². The second-order valence-electron chi connectivity index (χ2n) is 4.70. The highest BCUT2D eigenvalue weighted by Crippen LogP contribution is 2.38. The van der Waals surface area contributed by atoms with Crippen LogP contribution in [0.5, 0.6) is 0 Å². The van der Waals surface area contributed by atoms with E-state index in [-0.39, 0.29) is 10.7 Å². The zero-order valence-corrected chi connectivity index (χ0v) is 13.6. The lowest BCUT2D eigenvalue weighted by Crippen LogP contribution is -2.26. The molecule has 0 aromatic carbocycles. The fourth-order valence-electron chi connectivity index (χ4n) is 1.24. The molecule has 0 saturated carbocycles. The van der Waals surface area contributed by atoms with Crippen LogP contribution in [0.2, 0.25) is 0 Å². The molecule has 0 aliphatic heterocycles. The minimum Gasteiger partial charge on any atom is -0.274 e. The molecule has 1 rings (SSSR count). The van der Waals surface area contributed by atoms with Crippen LogP contribution in [-0.2, 0) is 4.84 Å². The van der Waals surface area contributed by atoms with Crippen LogP contribution in [0.15, 0.2) is 21.8 Å². The molecular weight excluding hydrogens is 316 g/mol. The van der Waals surface area contributed by atoms with Crippen molar-refractivity contribution in [3.8, 4) is 0 Å². The van der Waals surface area contributed by atoms with Crippen molar-refractivity contribution in [3.05, 3.63) is 22.4 Å². The highest BCUT2D eigenvalue weighted by atomic mass is 79.9. The van der Waals surface area contributed by atoms with Gasteiger partial charge >= 0.3 is 0 Å². The van der Waals surface area contributed by atoms with Crippen molar-refractivity contribution in [2.75, 3.05) is 14.2 Å². The molecular formula is C12H17BrN2O2S. The van der Waals surface area contributed by atoms with Crippen molar-refractivity contribution in [2.45, 2.75) is 30.4 Å². The van der Waals surface area contributed by atoms with Crippen LogP contribution in [0.1, 0.15) is 31.1 Å². The Morgan fingerprint density at radius 2 is 2.06 bits per heavy atom. The van der Waals surface area contributed by atoms with E-state index in [0.29, 0.717) is 5.56 Å². The minimum atomic E-state index is -0.210. The number of amides is 1. The lowest BCUT2D eigenvalue weighted by atomic mass is 10.2. The van der Waals surface area contributed by atoms with Gasteiger partial charge in [0.2, 0.25) is 0 Å². The van der Waals surface area contributed by atoms with Crippen LogP contribution in [0.3, 0.4) is 0 Å². The van der Waals surface area contributed by atoms with Gasteiger partial charge in [-0.1, -0.05) is 20.8 Å². The number of hydroxylamine groups is 2. The first kappa shape index (κ1) is 15.5. The minimum absolute atomic E-state index is 0.00451. The highest BCUT2D eigenvalue weighted by molar-refractivity contribution is 9.10. The summed E-state index contributed by atoms with van der Waals surface area (Å²) in [6.45, 7) is 6.29. The monoisotopic (exact) mass is 332 g/mol. The molecule has 6 heteroatoms. The molecule has 1 aromatic heterocycles. The normalized spacial score (nSPS) is 11.4. The van der Waals surface area contributed by atoms with E-state index in [1.807, 2.05) is 0 Å². The van der Waals surface area contributed by atoms with E-state index < -0.39 is 0 Å². The van der Waals surface area contributed by atoms with Crippen molar-refractivity contribution in [3.63, 3.8) is 0 Å². The van der Waals surface area contributed by atoms with Gasteiger partial charge in [-0.05, 0) is 15.9 Å². The molecule has 1 heterocycles. The van der Waals surface area contributed by atoms with E-state index in [2.05, 4.69) is 41.7 Å². The van der Waals surface area contributed by atoms with Crippen molar-refractivity contribution in [1.82, 2.24) is 10.0 Å². The average Bonchev–Trinajstić information content (AvgIpc) is 2.28. The number of thioether (sulfide) groups is 1. The zero-order chi connectivity index (χ0) is 13.9. The van der Waals surface area contributed by atoms with E-state index in [1.165, 1.54) is 12.2 Å². The zero-order valence-electron chi connectivity index (χ0n) is 11.2. The molecule has 0 unspecified atom stereocenters. The van der Waals surface area contributed by atoms with Gasteiger partial charge in [0.05, 0.1) is 17.1 Å². The first-order valence-corrected chi connectivity index (χ1v) is 7.02. The smallest absolute Gasteiger partial charge is 0.274 e. The molecule has 18 heavy (non-hydrogen) atoms. The van der Waals surface area contributed by atoms with E-state index in [0.717, 1.165) is 9.37 Å². The Labute approximate surface area is 120 Å². The molecule has 100 valence electrons. The van der Waals surface area contributed by atoms with Crippen molar-refractivity contribution < 1.29 is 9.63 Å². The molecule has 4 nitrogen and oxygen atoms in total. The molecule has 0 spiro atoms.